The lowest BCUT2D eigenvalue weighted by Crippen LogP contribution is -2.44. The van der Waals surface area contributed by atoms with Crippen LogP contribution in [0.3, 0.4) is 0 Å². The second-order valence-electron chi connectivity index (χ2n) is 4.61. The van der Waals surface area contributed by atoms with Crippen LogP contribution in [-0.2, 0) is 14.3 Å². The Morgan fingerprint density at radius 3 is 2.81 bits per heavy atom. The van der Waals surface area contributed by atoms with E-state index in [1.807, 2.05) is 30.3 Å². The van der Waals surface area contributed by atoms with Gasteiger partial charge in [0.15, 0.2) is 0 Å². The van der Waals surface area contributed by atoms with Gasteiger partial charge in [-0.25, -0.2) is 4.79 Å². The summed E-state index contributed by atoms with van der Waals surface area (Å²) < 4.78 is 4.86. The van der Waals surface area contributed by atoms with Crippen molar-refractivity contribution in [3.05, 3.63) is 35.9 Å². The molecule has 1 aliphatic rings. The predicted molar refractivity (Wildman–Crippen MR) is 83.5 cm³/mol. The van der Waals surface area contributed by atoms with Gasteiger partial charge in [0.2, 0.25) is 5.91 Å². The molecule has 2 rings (SSSR count). The zero-order valence-corrected chi connectivity index (χ0v) is 12.9. The van der Waals surface area contributed by atoms with Crippen LogP contribution in [0.4, 0.5) is 0 Å². The minimum Gasteiger partial charge on any atom is -0.464 e. The average molecular weight is 306 g/mol. The van der Waals surface area contributed by atoms with Crippen LogP contribution >= 0.6 is 11.8 Å². The SMILES string of the molecule is CCOC(=O)C(C)NC(=O)C1CSC(c2ccccc2)=N1. The summed E-state index contributed by atoms with van der Waals surface area (Å²) in [6, 6.07) is 8.64. The standard InChI is InChI=1S/C15H18N2O3S/c1-3-20-15(19)10(2)16-13(18)12-9-21-14(17-12)11-7-5-4-6-8-11/h4-8,10,12H,3,9H2,1-2H3,(H,16,18). The lowest BCUT2D eigenvalue weighted by atomic mass is 10.2. The van der Waals surface area contributed by atoms with Gasteiger partial charge in [-0.05, 0) is 13.8 Å². The molecular formula is C15H18N2O3S. The number of carbonyl (C=O) groups excluding carboxylic acids is 2. The van der Waals surface area contributed by atoms with Crippen molar-refractivity contribution >= 4 is 28.7 Å². The summed E-state index contributed by atoms with van der Waals surface area (Å²) in [7, 11) is 0. The molecule has 1 N–H and O–H groups in total. The smallest absolute Gasteiger partial charge is 0.328 e. The molecule has 0 fully saturated rings. The van der Waals surface area contributed by atoms with Gasteiger partial charge in [-0.1, -0.05) is 30.3 Å². The van der Waals surface area contributed by atoms with Crippen molar-refractivity contribution in [2.45, 2.75) is 25.9 Å². The third kappa shape index (κ3) is 4.07. The Bertz CT molecular complexity index is 545. The highest BCUT2D eigenvalue weighted by molar-refractivity contribution is 8.14. The topological polar surface area (TPSA) is 67.8 Å². The fourth-order valence-electron chi connectivity index (χ4n) is 1.88. The number of amides is 1. The van der Waals surface area contributed by atoms with Crippen molar-refractivity contribution in [1.29, 1.82) is 0 Å². The zero-order valence-electron chi connectivity index (χ0n) is 12.0. The Morgan fingerprint density at radius 1 is 1.43 bits per heavy atom. The molecular weight excluding hydrogens is 288 g/mol. The number of thioether (sulfide) groups is 1. The van der Waals surface area contributed by atoms with Crippen LogP contribution < -0.4 is 5.32 Å². The van der Waals surface area contributed by atoms with Gasteiger partial charge < -0.3 is 10.1 Å². The molecule has 1 amide bonds. The number of carbonyl (C=O) groups is 2. The molecule has 21 heavy (non-hydrogen) atoms. The molecule has 0 aromatic heterocycles. The van der Waals surface area contributed by atoms with Crippen molar-refractivity contribution < 1.29 is 14.3 Å². The summed E-state index contributed by atoms with van der Waals surface area (Å²) in [6.45, 7) is 3.64. The molecule has 2 unspecified atom stereocenters. The van der Waals surface area contributed by atoms with E-state index in [-0.39, 0.29) is 5.91 Å². The summed E-state index contributed by atoms with van der Waals surface area (Å²) >= 11 is 1.55. The van der Waals surface area contributed by atoms with E-state index in [0.717, 1.165) is 10.6 Å². The molecule has 6 heteroatoms. The van der Waals surface area contributed by atoms with Gasteiger partial charge in [-0.3, -0.25) is 9.79 Å². The van der Waals surface area contributed by atoms with E-state index >= 15 is 0 Å². The van der Waals surface area contributed by atoms with Crippen molar-refractivity contribution in [1.82, 2.24) is 5.32 Å². The van der Waals surface area contributed by atoms with Crippen molar-refractivity contribution in [3.63, 3.8) is 0 Å². The Labute approximate surface area is 128 Å². The largest absolute Gasteiger partial charge is 0.464 e. The van der Waals surface area contributed by atoms with Crippen LogP contribution in [-0.4, -0.2) is 41.4 Å². The first kappa shape index (κ1) is 15.6. The van der Waals surface area contributed by atoms with E-state index in [1.54, 1.807) is 25.6 Å². The maximum absolute atomic E-state index is 12.1. The lowest BCUT2D eigenvalue weighted by molar-refractivity contribution is -0.146. The van der Waals surface area contributed by atoms with Gasteiger partial charge >= 0.3 is 5.97 Å². The molecule has 0 saturated heterocycles. The molecule has 0 aliphatic carbocycles. The number of benzene rings is 1. The second-order valence-corrected chi connectivity index (χ2v) is 5.62. The fraction of sp³-hybridized carbons (Fsp3) is 0.400. The maximum Gasteiger partial charge on any atom is 0.328 e. The molecule has 1 aliphatic heterocycles. The number of nitrogens with one attached hydrogen (secondary N) is 1. The third-order valence-corrected chi connectivity index (χ3v) is 4.07. The average Bonchev–Trinajstić information content (AvgIpc) is 2.98. The van der Waals surface area contributed by atoms with Gasteiger partial charge in [0.1, 0.15) is 12.1 Å². The van der Waals surface area contributed by atoms with Crippen LogP contribution in [0.15, 0.2) is 35.3 Å². The second kappa shape index (κ2) is 7.26. The number of ether oxygens (including phenoxy) is 1. The first-order valence-corrected chi connectivity index (χ1v) is 7.83. The molecule has 0 saturated carbocycles. The van der Waals surface area contributed by atoms with Crippen molar-refractivity contribution in [2.24, 2.45) is 4.99 Å². The number of hydrogen-bond donors (Lipinski definition) is 1. The molecule has 0 radical (unpaired) electrons. The monoisotopic (exact) mass is 306 g/mol. The van der Waals surface area contributed by atoms with E-state index in [2.05, 4.69) is 10.3 Å². The molecule has 1 heterocycles. The summed E-state index contributed by atoms with van der Waals surface area (Å²) in [5, 5.41) is 3.51. The molecule has 1 aromatic rings. The molecule has 0 bridgehead atoms. The summed E-state index contributed by atoms with van der Waals surface area (Å²) in [4.78, 5) is 28.0. The first-order valence-electron chi connectivity index (χ1n) is 6.85. The summed E-state index contributed by atoms with van der Waals surface area (Å²) in [5.41, 5.74) is 1.01. The third-order valence-electron chi connectivity index (χ3n) is 2.97. The minimum absolute atomic E-state index is 0.242. The van der Waals surface area contributed by atoms with Gasteiger partial charge in [0.05, 0.1) is 11.7 Å². The van der Waals surface area contributed by atoms with Gasteiger partial charge in [-0.2, -0.15) is 0 Å². The van der Waals surface area contributed by atoms with E-state index in [9.17, 15) is 9.59 Å². The first-order chi connectivity index (χ1) is 10.1. The van der Waals surface area contributed by atoms with E-state index in [0.29, 0.717) is 12.4 Å². The number of aliphatic imine (C=N–C) groups is 1. The van der Waals surface area contributed by atoms with Crippen LogP contribution in [0.5, 0.6) is 0 Å². The van der Waals surface area contributed by atoms with Crippen LogP contribution in [0.2, 0.25) is 0 Å². The van der Waals surface area contributed by atoms with Crippen LogP contribution in [0.25, 0.3) is 0 Å². The summed E-state index contributed by atoms with van der Waals surface area (Å²) in [5.74, 6) is -0.0799. The molecule has 1 aromatic carbocycles. The minimum atomic E-state index is -0.654. The van der Waals surface area contributed by atoms with Crippen LogP contribution in [0.1, 0.15) is 19.4 Å². The molecule has 112 valence electrons. The normalized spacial score (nSPS) is 18.8. The van der Waals surface area contributed by atoms with Gasteiger partial charge in [0, 0.05) is 11.3 Å². The van der Waals surface area contributed by atoms with Crippen molar-refractivity contribution in [2.75, 3.05) is 12.4 Å². The molecule has 0 spiro atoms. The van der Waals surface area contributed by atoms with Crippen LogP contribution in [0, 0.1) is 0 Å². The van der Waals surface area contributed by atoms with E-state index < -0.39 is 18.1 Å². The van der Waals surface area contributed by atoms with E-state index in [1.165, 1.54) is 0 Å². The Balaban J connectivity index is 1.96. The predicted octanol–water partition coefficient (Wildman–Crippen LogP) is 1.62. The van der Waals surface area contributed by atoms with E-state index in [4.69, 9.17) is 4.74 Å². The Hall–Kier alpha value is -1.82. The zero-order chi connectivity index (χ0) is 15.2. The van der Waals surface area contributed by atoms with Gasteiger partial charge in [-0.15, -0.1) is 11.8 Å². The quantitative estimate of drug-likeness (QED) is 0.839. The fourth-order valence-corrected chi connectivity index (χ4v) is 2.93. The highest BCUT2D eigenvalue weighted by Crippen LogP contribution is 2.23. The number of nitrogens with zero attached hydrogens (tertiary/aromatic N) is 1. The Kier molecular flexibility index (Phi) is 5.38. The summed E-state index contributed by atoms with van der Waals surface area (Å²) in [6.07, 6.45) is 0. The van der Waals surface area contributed by atoms with Gasteiger partial charge in [0.25, 0.3) is 0 Å². The highest BCUT2D eigenvalue weighted by atomic mass is 32.2. The molecule has 2 atom stereocenters. The Morgan fingerprint density at radius 2 is 2.14 bits per heavy atom. The lowest BCUT2D eigenvalue weighted by Gasteiger charge is -2.14. The number of rotatable bonds is 5. The number of esters is 1. The number of hydrogen-bond acceptors (Lipinski definition) is 5. The van der Waals surface area contributed by atoms with Crippen molar-refractivity contribution in [3.8, 4) is 0 Å². The molecule has 5 nitrogen and oxygen atoms in total. The highest BCUT2D eigenvalue weighted by Gasteiger charge is 2.28. The maximum atomic E-state index is 12.1.